The van der Waals surface area contributed by atoms with Gasteiger partial charge in [-0.15, -0.1) is 0 Å². The van der Waals surface area contributed by atoms with Crippen LogP contribution in [-0.4, -0.2) is 37.6 Å². The molecule has 33 heavy (non-hydrogen) atoms. The summed E-state index contributed by atoms with van der Waals surface area (Å²) in [5, 5.41) is 5.39. The number of hydrogen-bond acceptors (Lipinski definition) is 5. The van der Waals surface area contributed by atoms with E-state index in [-0.39, 0.29) is 23.8 Å². The van der Waals surface area contributed by atoms with Gasteiger partial charge < -0.3 is 15.1 Å². The van der Waals surface area contributed by atoms with Crippen molar-refractivity contribution in [1.29, 1.82) is 0 Å². The van der Waals surface area contributed by atoms with Gasteiger partial charge >= 0.3 is 0 Å². The van der Waals surface area contributed by atoms with Gasteiger partial charge in [-0.2, -0.15) is 4.31 Å². The third-order valence-corrected chi connectivity index (χ3v) is 7.20. The van der Waals surface area contributed by atoms with E-state index in [1.807, 2.05) is 0 Å². The van der Waals surface area contributed by atoms with Gasteiger partial charge in [-0.1, -0.05) is 12.1 Å². The average molecular weight is 472 g/mol. The summed E-state index contributed by atoms with van der Waals surface area (Å²) < 4.78 is 46.0. The third-order valence-electron chi connectivity index (χ3n) is 5.29. The Morgan fingerprint density at radius 1 is 1.00 bits per heavy atom. The van der Waals surface area contributed by atoms with Crippen LogP contribution in [0.3, 0.4) is 0 Å². The van der Waals surface area contributed by atoms with Crippen molar-refractivity contribution in [3.8, 4) is 0 Å². The lowest BCUT2D eigenvalue weighted by atomic mass is 10.1. The van der Waals surface area contributed by atoms with Crippen LogP contribution in [0.1, 0.15) is 39.3 Å². The van der Waals surface area contributed by atoms with Crippen molar-refractivity contribution < 1.29 is 26.8 Å². The minimum Gasteiger partial charge on any atom is -0.459 e. The largest absolute Gasteiger partial charge is 0.459 e. The summed E-state index contributed by atoms with van der Waals surface area (Å²) in [4.78, 5) is 24.1. The van der Waals surface area contributed by atoms with Crippen LogP contribution < -0.4 is 10.6 Å². The van der Waals surface area contributed by atoms with Gasteiger partial charge in [-0.25, -0.2) is 12.8 Å². The minimum absolute atomic E-state index is 0.0523. The number of carbonyl (C=O) groups is 2. The van der Waals surface area contributed by atoms with Crippen LogP contribution >= 0.6 is 0 Å². The maximum absolute atomic E-state index is 14.3. The first-order valence-electron chi connectivity index (χ1n) is 10.4. The van der Waals surface area contributed by atoms with E-state index >= 15 is 0 Å². The molecule has 1 aliphatic heterocycles. The predicted octanol–water partition coefficient (Wildman–Crippen LogP) is 3.39. The first-order chi connectivity index (χ1) is 15.8. The third kappa shape index (κ3) is 5.12. The Hall–Kier alpha value is -3.50. The van der Waals surface area contributed by atoms with Crippen LogP contribution in [0.2, 0.25) is 0 Å². The van der Waals surface area contributed by atoms with Crippen molar-refractivity contribution >= 4 is 27.5 Å². The lowest BCUT2D eigenvalue weighted by Crippen LogP contribution is -2.29. The molecule has 8 nitrogen and oxygen atoms in total. The van der Waals surface area contributed by atoms with Crippen LogP contribution in [0.25, 0.3) is 0 Å². The van der Waals surface area contributed by atoms with E-state index in [9.17, 15) is 22.4 Å². The standard InChI is InChI=1S/C23H22FN3O5S/c24-19-10-7-17(14-21(19)33(30,31)27-11-1-2-12-27)22(28)25-15-16-5-8-18(9-6-16)26-23(29)20-4-3-13-32-20/h3-10,13-14H,1-2,11-12,15H2,(H,25,28)(H,26,29). The Labute approximate surface area is 190 Å². The number of nitrogens with zero attached hydrogens (tertiary/aromatic N) is 1. The molecule has 0 spiro atoms. The molecule has 3 aromatic rings. The molecule has 1 aromatic heterocycles. The van der Waals surface area contributed by atoms with Crippen molar-refractivity contribution in [2.75, 3.05) is 18.4 Å². The highest BCUT2D eigenvalue weighted by Crippen LogP contribution is 2.24. The van der Waals surface area contributed by atoms with Crippen LogP contribution in [-0.2, 0) is 16.6 Å². The molecular formula is C23H22FN3O5S. The molecule has 2 heterocycles. The molecular weight excluding hydrogens is 449 g/mol. The number of furan rings is 1. The van der Waals surface area contributed by atoms with Crippen molar-refractivity contribution in [1.82, 2.24) is 9.62 Å². The van der Waals surface area contributed by atoms with Crippen molar-refractivity contribution in [3.63, 3.8) is 0 Å². The number of hydrogen-bond donors (Lipinski definition) is 2. The van der Waals surface area contributed by atoms with E-state index in [4.69, 9.17) is 4.42 Å². The quantitative estimate of drug-likeness (QED) is 0.549. The van der Waals surface area contributed by atoms with Gasteiger partial charge in [-0.3, -0.25) is 9.59 Å². The smallest absolute Gasteiger partial charge is 0.291 e. The summed E-state index contributed by atoms with van der Waals surface area (Å²) in [6.45, 7) is 0.850. The fraction of sp³-hybridized carbons (Fsp3) is 0.217. The molecule has 2 amide bonds. The van der Waals surface area contributed by atoms with Gasteiger partial charge in [0.1, 0.15) is 10.7 Å². The zero-order valence-electron chi connectivity index (χ0n) is 17.6. The van der Waals surface area contributed by atoms with Gasteiger partial charge in [0.25, 0.3) is 11.8 Å². The van der Waals surface area contributed by atoms with Gasteiger partial charge in [-0.05, 0) is 60.9 Å². The van der Waals surface area contributed by atoms with E-state index in [0.29, 0.717) is 18.8 Å². The molecule has 0 saturated carbocycles. The minimum atomic E-state index is -3.99. The molecule has 1 fully saturated rings. The number of nitrogens with one attached hydrogen (secondary N) is 2. The molecule has 10 heteroatoms. The summed E-state index contributed by atoms with van der Waals surface area (Å²) >= 11 is 0. The molecule has 2 N–H and O–H groups in total. The summed E-state index contributed by atoms with van der Waals surface area (Å²) in [7, 11) is -3.99. The number of halogens is 1. The fourth-order valence-corrected chi connectivity index (χ4v) is 5.11. The van der Waals surface area contributed by atoms with Crippen LogP contribution in [0.15, 0.2) is 70.2 Å². The Bertz CT molecular complexity index is 1250. The van der Waals surface area contributed by atoms with Crippen molar-refractivity contribution in [3.05, 3.63) is 83.6 Å². The van der Waals surface area contributed by atoms with E-state index in [0.717, 1.165) is 30.5 Å². The van der Waals surface area contributed by atoms with Crippen molar-refractivity contribution in [2.24, 2.45) is 0 Å². The van der Waals surface area contributed by atoms with Gasteiger partial charge in [0, 0.05) is 30.9 Å². The second-order valence-corrected chi connectivity index (χ2v) is 9.47. The normalized spacial score (nSPS) is 14.2. The molecule has 172 valence electrons. The molecule has 0 atom stereocenters. The highest BCUT2D eigenvalue weighted by Gasteiger charge is 2.30. The Balaban J connectivity index is 1.39. The predicted molar refractivity (Wildman–Crippen MR) is 119 cm³/mol. The molecule has 4 rings (SSSR count). The number of rotatable bonds is 7. The van der Waals surface area contributed by atoms with E-state index in [1.54, 1.807) is 36.4 Å². The summed E-state index contributed by atoms with van der Waals surface area (Å²) in [5.74, 6) is -1.59. The molecule has 1 aliphatic rings. The first kappa shape index (κ1) is 22.7. The number of amides is 2. The number of carbonyl (C=O) groups excluding carboxylic acids is 2. The van der Waals surface area contributed by atoms with E-state index < -0.39 is 26.6 Å². The second kappa shape index (κ2) is 9.55. The average Bonchev–Trinajstić information content (AvgIpc) is 3.53. The number of benzene rings is 2. The fourth-order valence-electron chi connectivity index (χ4n) is 3.50. The number of sulfonamides is 1. The first-order valence-corrected chi connectivity index (χ1v) is 11.8. The monoisotopic (exact) mass is 471 g/mol. The molecule has 1 saturated heterocycles. The van der Waals surface area contributed by atoms with Crippen LogP contribution in [0, 0.1) is 5.82 Å². The lowest BCUT2D eigenvalue weighted by molar-refractivity contribution is 0.0949. The zero-order chi connectivity index (χ0) is 23.4. The molecule has 2 aromatic carbocycles. The topological polar surface area (TPSA) is 109 Å². The van der Waals surface area contributed by atoms with Gasteiger partial charge in [0.05, 0.1) is 6.26 Å². The maximum Gasteiger partial charge on any atom is 0.291 e. The Kier molecular flexibility index (Phi) is 6.57. The van der Waals surface area contributed by atoms with Crippen LogP contribution in [0.5, 0.6) is 0 Å². The highest BCUT2D eigenvalue weighted by atomic mass is 32.2. The summed E-state index contributed by atoms with van der Waals surface area (Å²) in [6.07, 6.45) is 2.87. The van der Waals surface area contributed by atoms with Crippen molar-refractivity contribution in [2.45, 2.75) is 24.3 Å². The van der Waals surface area contributed by atoms with Crippen LogP contribution in [0.4, 0.5) is 10.1 Å². The maximum atomic E-state index is 14.3. The van der Waals surface area contributed by atoms with Gasteiger partial charge in [0.15, 0.2) is 5.76 Å². The Morgan fingerprint density at radius 3 is 2.39 bits per heavy atom. The number of anilines is 1. The SMILES string of the molecule is O=C(NCc1ccc(NC(=O)c2ccco2)cc1)c1ccc(F)c(S(=O)(=O)N2CCCC2)c1. The zero-order valence-corrected chi connectivity index (χ0v) is 18.4. The second-order valence-electron chi connectivity index (χ2n) is 7.57. The highest BCUT2D eigenvalue weighted by molar-refractivity contribution is 7.89. The lowest BCUT2D eigenvalue weighted by Gasteiger charge is -2.16. The molecule has 0 unspecified atom stereocenters. The summed E-state index contributed by atoms with van der Waals surface area (Å²) in [6, 6.07) is 13.3. The van der Waals surface area contributed by atoms with E-state index in [2.05, 4.69) is 10.6 Å². The summed E-state index contributed by atoms with van der Waals surface area (Å²) in [5.41, 5.74) is 1.37. The van der Waals surface area contributed by atoms with Gasteiger partial charge in [0.2, 0.25) is 10.0 Å². The van der Waals surface area contributed by atoms with E-state index in [1.165, 1.54) is 16.6 Å². The Morgan fingerprint density at radius 2 is 1.73 bits per heavy atom. The molecule has 0 aliphatic carbocycles. The molecule has 0 bridgehead atoms. The molecule has 0 radical (unpaired) electrons.